The van der Waals surface area contributed by atoms with Gasteiger partial charge in [0.05, 0.1) is 44.3 Å². The van der Waals surface area contributed by atoms with E-state index in [-0.39, 0.29) is 0 Å². The Labute approximate surface area is 172 Å². The van der Waals surface area contributed by atoms with Crippen LogP contribution in [0, 0.1) is 0 Å². The topological polar surface area (TPSA) is 62.7 Å². The molecule has 0 radical (unpaired) electrons. The Morgan fingerprint density at radius 3 is 2.24 bits per heavy atom. The number of ether oxygens (including phenoxy) is 4. The Bertz CT molecular complexity index is 1150. The van der Waals surface area contributed by atoms with E-state index >= 15 is 0 Å². The van der Waals surface area contributed by atoms with Crippen LogP contribution in [0.25, 0.3) is 32.0 Å². The van der Waals surface area contributed by atoms with E-state index in [2.05, 4.69) is 4.98 Å². The van der Waals surface area contributed by atoms with Gasteiger partial charge in [-0.05, 0) is 42.5 Å². The van der Waals surface area contributed by atoms with Gasteiger partial charge in [0.25, 0.3) is 0 Å². The van der Waals surface area contributed by atoms with E-state index in [4.69, 9.17) is 23.9 Å². The average Bonchev–Trinajstić information content (AvgIpc) is 3.21. The molecule has 2 heterocycles. The Morgan fingerprint density at radius 1 is 0.828 bits per heavy atom. The van der Waals surface area contributed by atoms with Gasteiger partial charge in [0.2, 0.25) is 5.75 Å². The normalized spacial score (nSPS) is 10.8. The summed E-state index contributed by atoms with van der Waals surface area (Å²) in [5.74, 6) is 2.51. The molecule has 148 valence electrons. The summed E-state index contributed by atoms with van der Waals surface area (Å²) in [6.07, 6.45) is 1.76. The van der Waals surface area contributed by atoms with Crippen molar-refractivity contribution in [1.29, 1.82) is 0 Å². The molecule has 29 heavy (non-hydrogen) atoms. The molecule has 0 fully saturated rings. The van der Waals surface area contributed by atoms with Crippen LogP contribution in [0.2, 0.25) is 0 Å². The molecule has 0 aliphatic heterocycles. The number of hydrogen-bond acceptors (Lipinski definition) is 7. The fraction of sp³-hybridized carbons (Fsp3) is 0.182. The van der Waals surface area contributed by atoms with Crippen LogP contribution < -0.4 is 18.9 Å². The van der Waals surface area contributed by atoms with Crippen LogP contribution in [0.5, 0.6) is 23.0 Å². The highest BCUT2D eigenvalue weighted by molar-refractivity contribution is 7.21. The molecule has 0 N–H and O–H groups in total. The largest absolute Gasteiger partial charge is 0.497 e. The number of rotatable bonds is 6. The van der Waals surface area contributed by atoms with Crippen molar-refractivity contribution < 1.29 is 18.9 Å². The number of aromatic nitrogens is 2. The molecule has 0 atom stereocenters. The van der Waals surface area contributed by atoms with Crippen molar-refractivity contribution in [1.82, 2.24) is 9.97 Å². The van der Waals surface area contributed by atoms with Crippen molar-refractivity contribution >= 4 is 21.6 Å². The Kier molecular flexibility index (Phi) is 5.22. The Balaban J connectivity index is 1.88. The van der Waals surface area contributed by atoms with E-state index in [1.165, 1.54) is 0 Å². The van der Waals surface area contributed by atoms with Gasteiger partial charge in [-0.1, -0.05) is 0 Å². The highest BCUT2D eigenvalue weighted by Crippen LogP contribution is 2.43. The van der Waals surface area contributed by atoms with Crippen molar-refractivity contribution in [2.24, 2.45) is 0 Å². The van der Waals surface area contributed by atoms with Crippen LogP contribution in [0.3, 0.4) is 0 Å². The number of nitrogens with zero attached hydrogens (tertiary/aromatic N) is 2. The molecule has 0 aliphatic carbocycles. The van der Waals surface area contributed by atoms with Gasteiger partial charge in [0, 0.05) is 17.3 Å². The molecule has 0 saturated carbocycles. The minimum atomic E-state index is 0.545. The van der Waals surface area contributed by atoms with E-state index in [9.17, 15) is 0 Å². The number of pyridine rings is 1. The van der Waals surface area contributed by atoms with Crippen LogP contribution >= 0.6 is 11.3 Å². The van der Waals surface area contributed by atoms with Crippen LogP contribution in [0.1, 0.15) is 0 Å². The van der Waals surface area contributed by atoms with Gasteiger partial charge in [-0.25, -0.2) is 4.98 Å². The number of methoxy groups -OCH3 is 4. The SMILES string of the molecule is COc1ccc2nc(-c3cccnc3-c3cc(OC)c(OC)c(OC)c3)sc2c1. The number of thiazole rings is 1. The molecular weight excluding hydrogens is 388 g/mol. The summed E-state index contributed by atoms with van der Waals surface area (Å²) in [4.78, 5) is 9.42. The summed E-state index contributed by atoms with van der Waals surface area (Å²) in [5, 5.41) is 0.880. The fourth-order valence-electron chi connectivity index (χ4n) is 3.17. The highest BCUT2D eigenvalue weighted by Gasteiger charge is 2.18. The van der Waals surface area contributed by atoms with E-state index in [1.54, 1.807) is 46.0 Å². The fourth-order valence-corrected chi connectivity index (χ4v) is 4.19. The second kappa shape index (κ2) is 7.97. The highest BCUT2D eigenvalue weighted by atomic mass is 32.1. The van der Waals surface area contributed by atoms with Crippen LogP contribution in [-0.4, -0.2) is 38.4 Å². The zero-order chi connectivity index (χ0) is 20.4. The van der Waals surface area contributed by atoms with Gasteiger partial charge in [0.15, 0.2) is 11.5 Å². The third kappa shape index (κ3) is 3.45. The first-order valence-corrected chi connectivity index (χ1v) is 9.70. The maximum Gasteiger partial charge on any atom is 0.203 e. The first-order valence-electron chi connectivity index (χ1n) is 8.88. The van der Waals surface area contributed by atoms with Gasteiger partial charge in [-0.3, -0.25) is 4.98 Å². The zero-order valence-electron chi connectivity index (χ0n) is 16.6. The van der Waals surface area contributed by atoms with Crippen LogP contribution in [0.15, 0.2) is 48.7 Å². The molecule has 6 nitrogen and oxygen atoms in total. The first kappa shape index (κ1) is 19.0. The van der Waals surface area contributed by atoms with E-state index in [0.29, 0.717) is 17.2 Å². The predicted molar refractivity (Wildman–Crippen MR) is 114 cm³/mol. The van der Waals surface area contributed by atoms with Crippen molar-refractivity contribution in [3.05, 3.63) is 48.7 Å². The second-order valence-electron chi connectivity index (χ2n) is 6.17. The van der Waals surface area contributed by atoms with E-state index < -0.39 is 0 Å². The third-order valence-corrected chi connectivity index (χ3v) is 5.62. The first-order chi connectivity index (χ1) is 14.2. The summed E-state index contributed by atoms with van der Waals surface area (Å²) < 4.78 is 22.8. The summed E-state index contributed by atoms with van der Waals surface area (Å²) >= 11 is 1.60. The molecular formula is C22H20N2O4S. The summed E-state index contributed by atoms with van der Waals surface area (Å²) in [6, 6.07) is 13.6. The third-order valence-electron chi connectivity index (χ3n) is 4.57. The monoisotopic (exact) mass is 408 g/mol. The molecule has 2 aromatic carbocycles. The van der Waals surface area contributed by atoms with Gasteiger partial charge in [-0.2, -0.15) is 0 Å². The minimum absolute atomic E-state index is 0.545. The second-order valence-corrected chi connectivity index (χ2v) is 7.20. The van der Waals surface area contributed by atoms with Gasteiger partial charge >= 0.3 is 0 Å². The number of hydrogen-bond donors (Lipinski definition) is 0. The molecule has 0 bridgehead atoms. The van der Waals surface area contributed by atoms with Gasteiger partial charge < -0.3 is 18.9 Å². The van der Waals surface area contributed by atoms with Gasteiger partial charge in [0.1, 0.15) is 10.8 Å². The quantitative estimate of drug-likeness (QED) is 0.444. The number of fused-ring (bicyclic) bond motifs is 1. The average molecular weight is 408 g/mol. The molecule has 7 heteroatoms. The smallest absolute Gasteiger partial charge is 0.203 e. The molecule has 4 aromatic rings. The Hall–Kier alpha value is -3.32. The van der Waals surface area contributed by atoms with Crippen LogP contribution in [-0.2, 0) is 0 Å². The maximum atomic E-state index is 5.50. The number of benzene rings is 2. The predicted octanol–water partition coefficient (Wildman–Crippen LogP) is 5.06. The molecule has 0 saturated heterocycles. The Morgan fingerprint density at radius 2 is 1.59 bits per heavy atom. The van der Waals surface area contributed by atoms with Crippen molar-refractivity contribution in [2.45, 2.75) is 0 Å². The van der Waals surface area contributed by atoms with Crippen LogP contribution in [0.4, 0.5) is 0 Å². The van der Waals surface area contributed by atoms with Crippen molar-refractivity contribution in [2.75, 3.05) is 28.4 Å². The van der Waals surface area contributed by atoms with E-state index in [0.717, 1.165) is 37.8 Å². The van der Waals surface area contributed by atoms with Crippen molar-refractivity contribution in [3.63, 3.8) is 0 Å². The lowest BCUT2D eigenvalue weighted by atomic mass is 10.0. The standard InChI is InChI=1S/C22H20N2O4S/c1-25-14-7-8-16-19(12-14)29-22(24-16)15-6-5-9-23-20(15)13-10-17(26-2)21(28-4)18(11-13)27-3/h5-12H,1-4H3. The molecule has 0 spiro atoms. The molecule has 2 aromatic heterocycles. The lowest BCUT2D eigenvalue weighted by Gasteiger charge is -2.15. The lowest BCUT2D eigenvalue weighted by molar-refractivity contribution is 0.324. The van der Waals surface area contributed by atoms with Gasteiger partial charge in [-0.15, -0.1) is 11.3 Å². The maximum absolute atomic E-state index is 5.50. The molecule has 0 unspecified atom stereocenters. The molecule has 0 amide bonds. The summed E-state index contributed by atoms with van der Waals surface area (Å²) in [7, 11) is 6.44. The van der Waals surface area contributed by atoms with E-state index in [1.807, 2.05) is 42.5 Å². The lowest BCUT2D eigenvalue weighted by Crippen LogP contribution is -1.97. The zero-order valence-corrected chi connectivity index (χ0v) is 17.4. The molecule has 4 rings (SSSR count). The summed E-state index contributed by atoms with van der Waals surface area (Å²) in [6.45, 7) is 0. The van der Waals surface area contributed by atoms with Crippen molar-refractivity contribution in [3.8, 4) is 44.8 Å². The summed E-state index contributed by atoms with van der Waals surface area (Å²) in [5.41, 5.74) is 3.50. The minimum Gasteiger partial charge on any atom is -0.497 e. The molecule has 0 aliphatic rings.